The van der Waals surface area contributed by atoms with Gasteiger partial charge in [0.15, 0.2) is 0 Å². The lowest BCUT2D eigenvalue weighted by Crippen LogP contribution is -2.62. The molecule has 0 saturated carbocycles. The molecule has 1 aliphatic heterocycles. The number of allylic oxidation sites excluding steroid dienone is 1. The first-order chi connectivity index (χ1) is 14.8. The van der Waals surface area contributed by atoms with Crippen molar-refractivity contribution in [1.82, 2.24) is 5.32 Å². The van der Waals surface area contributed by atoms with Gasteiger partial charge >= 0.3 is 18.1 Å². The molecular weight excluding hydrogens is 529 g/mol. The van der Waals surface area contributed by atoms with E-state index in [1.54, 1.807) is 0 Å². The lowest BCUT2D eigenvalue weighted by molar-refractivity contribution is -0.158. The fraction of sp³-hybridized carbons (Fsp3) is 0.500. The monoisotopic (exact) mass is 547 g/mol. The van der Waals surface area contributed by atoms with Crippen LogP contribution in [0.4, 0.5) is 22.0 Å². The number of esters is 1. The van der Waals surface area contributed by atoms with Crippen LogP contribution in [0.15, 0.2) is 23.4 Å². The van der Waals surface area contributed by atoms with E-state index in [4.69, 9.17) is 11.6 Å². The number of carbonyl (C=O) groups excluding carboxylic acids is 1. The number of nitrogens with one attached hydrogen (secondary N) is 1. The molecule has 3 atom stereocenters. The number of benzene rings is 1. The maximum atomic E-state index is 15.2. The summed E-state index contributed by atoms with van der Waals surface area (Å²) in [5.74, 6) is -7.37. The largest absolute Gasteiger partial charge is 0.481 e. The maximum Gasteiger partial charge on any atom is 0.418 e. The number of carboxylic acids is 1. The van der Waals surface area contributed by atoms with Crippen LogP contribution in [-0.2, 0) is 20.5 Å². The number of carboxylic acid groups (broad SMARTS) is 1. The number of halogens is 7. The zero-order valence-electron chi connectivity index (χ0n) is 17.1. The summed E-state index contributed by atoms with van der Waals surface area (Å²) in [5, 5.41) is 11.9. The highest BCUT2D eigenvalue weighted by atomic mass is 79.9. The summed E-state index contributed by atoms with van der Waals surface area (Å²) in [4.78, 5) is 25.4. The summed E-state index contributed by atoms with van der Waals surface area (Å²) in [6.45, 7) is 1.45. The van der Waals surface area contributed by atoms with E-state index in [9.17, 15) is 32.3 Å². The summed E-state index contributed by atoms with van der Waals surface area (Å²) < 4.78 is 75.9. The van der Waals surface area contributed by atoms with Gasteiger partial charge in [0.05, 0.1) is 35.0 Å². The topological polar surface area (TPSA) is 75.6 Å². The molecule has 1 aromatic rings. The number of rotatable bonds is 6. The van der Waals surface area contributed by atoms with Crippen LogP contribution in [0.25, 0.3) is 0 Å². The summed E-state index contributed by atoms with van der Waals surface area (Å²) in [6.07, 6.45) is -5.21. The van der Waals surface area contributed by atoms with E-state index in [-0.39, 0.29) is 5.33 Å². The zero-order chi connectivity index (χ0) is 24.6. The van der Waals surface area contributed by atoms with Crippen molar-refractivity contribution < 1.29 is 41.4 Å². The molecule has 0 saturated heterocycles. The number of hydrogen-bond donors (Lipinski definition) is 2. The van der Waals surface area contributed by atoms with Crippen LogP contribution in [0.5, 0.6) is 0 Å². The highest BCUT2D eigenvalue weighted by Gasteiger charge is 2.62. The second-order valence-electron chi connectivity index (χ2n) is 7.51. The fourth-order valence-corrected chi connectivity index (χ4v) is 5.40. The number of carbonyl (C=O) groups is 2. The van der Waals surface area contributed by atoms with Crippen molar-refractivity contribution in [3.8, 4) is 0 Å². The molecule has 2 N–H and O–H groups in total. The Balaban J connectivity index is 3.20. The minimum Gasteiger partial charge on any atom is -0.481 e. The maximum absolute atomic E-state index is 15.2. The van der Waals surface area contributed by atoms with E-state index in [0.29, 0.717) is 12.1 Å². The van der Waals surface area contributed by atoms with Crippen LogP contribution in [0, 0.1) is 17.2 Å². The predicted molar refractivity (Wildman–Crippen MR) is 110 cm³/mol. The van der Waals surface area contributed by atoms with Gasteiger partial charge in [0, 0.05) is 16.8 Å². The molecule has 0 fully saturated rings. The van der Waals surface area contributed by atoms with Crippen molar-refractivity contribution in [1.29, 1.82) is 0 Å². The van der Waals surface area contributed by atoms with E-state index >= 15 is 4.39 Å². The third kappa shape index (κ3) is 4.09. The Bertz CT molecular complexity index is 953. The molecule has 0 bridgehead atoms. The smallest absolute Gasteiger partial charge is 0.418 e. The first kappa shape index (κ1) is 26.4. The number of methoxy groups -OCH3 is 1. The number of aliphatic carboxylic acids is 1. The molecule has 1 heterocycles. The van der Waals surface area contributed by atoms with Gasteiger partial charge in [-0.2, -0.15) is 13.2 Å². The molecule has 178 valence electrons. The van der Waals surface area contributed by atoms with Crippen molar-refractivity contribution in [2.24, 2.45) is 11.3 Å². The van der Waals surface area contributed by atoms with Crippen molar-refractivity contribution in [2.45, 2.75) is 32.0 Å². The highest BCUT2D eigenvalue weighted by molar-refractivity contribution is 9.09. The van der Waals surface area contributed by atoms with Gasteiger partial charge in [0.1, 0.15) is 17.9 Å². The molecule has 0 radical (unpaired) electrons. The van der Waals surface area contributed by atoms with Gasteiger partial charge in [0.25, 0.3) is 0 Å². The number of hydrogen-bond acceptors (Lipinski definition) is 4. The Kier molecular flexibility index (Phi) is 7.87. The lowest BCUT2D eigenvalue weighted by atomic mass is 9.56. The SMILES string of the molecule is COC(=O)C1=C(CF)NC(CBr)C(C(=O)O)(C(C)C)C1c1c(F)ccc(Cl)c1C(F)(F)F. The lowest BCUT2D eigenvalue weighted by Gasteiger charge is -2.50. The fourth-order valence-electron chi connectivity index (χ4n) is 4.43. The molecule has 1 aliphatic rings. The first-order valence-electron chi connectivity index (χ1n) is 9.28. The summed E-state index contributed by atoms with van der Waals surface area (Å²) >= 11 is 8.91. The molecular formula is C20H20BrClF5NO4. The number of ether oxygens (including phenoxy) is 1. The molecule has 2 rings (SSSR count). The molecule has 0 aliphatic carbocycles. The normalized spacial score (nSPS) is 23.8. The van der Waals surface area contributed by atoms with E-state index in [1.807, 2.05) is 0 Å². The summed E-state index contributed by atoms with van der Waals surface area (Å²) in [5.41, 5.74) is -6.24. The van der Waals surface area contributed by atoms with Gasteiger partial charge in [0.2, 0.25) is 0 Å². The predicted octanol–water partition coefficient (Wildman–Crippen LogP) is 5.07. The third-order valence-electron chi connectivity index (χ3n) is 5.75. The van der Waals surface area contributed by atoms with E-state index < -0.39 is 81.3 Å². The van der Waals surface area contributed by atoms with E-state index in [0.717, 1.165) is 7.11 Å². The molecule has 5 nitrogen and oxygen atoms in total. The number of alkyl halides is 5. The van der Waals surface area contributed by atoms with Gasteiger partial charge in [-0.3, -0.25) is 4.79 Å². The molecule has 0 amide bonds. The van der Waals surface area contributed by atoms with Gasteiger partial charge in [-0.05, 0) is 18.1 Å². The van der Waals surface area contributed by atoms with Crippen molar-refractivity contribution in [2.75, 3.05) is 19.1 Å². The first-order valence-corrected chi connectivity index (χ1v) is 10.8. The quantitative estimate of drug-likeness (QED) is 0.295. The molecule has 3 unspecified atom stereocenters. The van der Waals surface area contributed by atoms with Gasteiger partial charge in [-0.15, -0.1) is 0 Å². The van der Waals surface area contributed by atoms with Crippen LogP contribution in [0.3, 0.4) is 0 Å². The summed E-state index contributed by atoms with van der Waals surface area (Å²) in [6, 6.07) is 0.111. The van der Waals surface area contributed by atoms with Crippen molar-refractivity contribution >= 4 is 39.5 Å². The van der Waals surface area contributed by atoms with Crippen LogP contribution in [0.1, 0.15) is 30.9 Å². The molecule has 32 heavy (non-hydrogen) atoms. The molecule has 1 aromatic carbocycles. The Hall–Kier alpha value is -1.88. The Labute approximate surface area is 194 Å². The zero-order valence-corrected chi connectivity index (χ0v) is 19.5. The van der Waals surface area contributed by atoms with Crippen LogP contribution >= 0.6 is 27.5 Å². The van der Waals surface area contributed by atoms with E-state index in [2.05, 4.69) is 26.0 Å². The second kappa shape index (κ2) is 9.54. The average Bonchev–Trinajstić information content (AvgIpc) is 2.71. The minimum absolute atomic E-state index is 0.157. The van der Waals surface area contributed by atoms with Crippen molar-refractivity contribution in [3.63, 3.8) is 0 Å². The minimum atomic E-state index is -5.21. The highest BCUT2D eigenvalue weighted by Crippen LogP contribution is 2.56. The van der Waals surface area contributed by atoms with Gasteiger partial charge in [-0.25, -0.2) is 13.6 Å². The third-order valence-corrected chi connectivity index (χ3v) is 6.71. The molecule has 0 aromatic heterocycles. The van der Waals surface area contributed by atoms with Crippen LogP contribution < -0.4 is 5.32 Å². The second-order valence-corrected chi connectivity index (χ2v) is 8.56. The van der Waals surface area contributed by atoms with Crippen LogP contribution in [-0.4, -0.2) is 42.2 Å². The molecule has 12 heteroatoms. The Morgan fingerprint density at radius 1 is 1.34 bits per heavy atom. The van der Waals surface area contributed by atoms with E-state index in [1.165, 1.54) is 13.8 Å². The van der Waals surface area contributed by atoms with Crippen LogP contribution in [0.2, 0.25) is 5.02 Å². The van der Waals surface area contributed by atoms with Crippen molar-refractivity contribution in [3.05, 3.63) is 45.4 Å². The Morgan fingerprint density at radius 3 is 2.34 bits per heavy atom. The molecule has 0 spiro atoms. The van der Waals surface area contributed by atoms with Gasteiger partial charge in [-0.1, -0.05) is 41.4 Å². The van der Waals surface area contributed by atoms with Gasteiger partial charge < -0.3 is 15.2 Å². The standard InChI is InChI=1S/C20H20BrClF5NO4/c1-8(2)19(18(30)31)12(6-21)28-11(7-23)14(17(29)32-3)16(19)13-10(24)5-4-9(22)15(13)20(25,26)27/h4-5,8,12,16,28H,6-7H2,1-3H3,(H,30,31). The Morgan fingerprint density at radius 2 is 1.94 bits per heavy atom. The average molecular weight is 549 g/mol. The summed E-state index contributed by atoms with van der Waals surface area (Å²) in [7, 11) is 0.898.